The molecule has 7 atom stereocenters. The topological polar surface area (TPSA) is 101 Å². The lowest BCUT2D eigenvalue weighted by atomic mass is 9.45. The summed E-state index contributed by atoms with van der Waals surface area (Å²) in [6.07, 6.45) is 8.55. The van der Waals surface area contributed by atoms with Crippen LogP contribution in [0, 0.1) is 28.6 Å². The Balaban J connectivity index is 1.66. The molecule has 6 nitrogen and oxygen atoms in total. The van der Waals surface area contributed by atoms with E-state index in [2.05, 4.69) is 13.8 Å². The molecule has 0 amide bonds. The number of esters is 1. The van der Waals surface area contributed by atoms with E-state index in [9.17, 15) is 24.6 Å². The molecule has 0 aromatic heterocycles. The molecule has 0 heterocycles. The van der Waals surface area contributed by atoms with Gasteiger partial charge in [0.1, 0.15) is 6.61 Å². The second-order valence-corrected chi connectivity index (χ2v) is 11.5. The Kier molecular flexibility index (Phi) is 6.65. The number of ketones is 2. The molecule has 3 fully saturated rings. The lowest BCUT2D eigenvalue weighted by Gasteiger charge is -2.60. The Hall–Kier alpha value is -1.53. The first kappa shape index (κ1) is 24.6. The number of fused-ring (bicyclic) bond motifs is 5. The van der Waals surface area contributed by atoms with E-state index >= 15 is 0 Å². The fourth-order valence-corrected chi connectivity index (χ4v) is 8.25. The maximum Gasteiger partial charge on any atom is 0.306 e. The molecule has 3 saturated carbocycles. The van der Waals surface area contributed by atoms with Crippen LogP contribution in [0.5, 0.6) is 0 Å². The summed E-state index contributed by atoms with van der Waals surface area (Å²) >= 11 is 0. The van der Waals surface area contributed by atoms with Crippen molar-refractivity contribution >= 4 is 17.5 Å². The number of unbranched alkanes of at least 4 members (excludes halogenated alkanes) is 2. The maximum atomic E-state index is 13.2. The van der Waals surface area contributed by atoms with Gasteiger partial charge < -0.3 is 14.9 Å². The number of rotatable bonds is 7. The van der Waals surface area contributed by atoms with E-state index in [1.54, 1.807) is 0 Å². The van der Waals surface area contributed by atoms with Crippen molar-refractivity contribution in [1.29, 1.82) is 0 Å². The van der Waals surface area contributed by atoms with E-state index in [0.29, 0.717) is 19.3 Å². The molecule has 0 aromatic rings. The predicted octanol–water partition coefficient (Wildman–Crippen LogP) is 3.91. The van der Waals surface area contributed by atoms with Gasteiger partial charge in [-0.15, -0.1) is 0 Å². The molecule has 4 aliphatic carbocycles. The van der Waals surface area contributed by atoms with Crippen molar-refractivity contribution in [1.82, 2.24) is 0 Å². The van der Waals surface area contributed by atoms with Gasteiger partial charge >= 0.3 is 5.97 Å². The van der Waals surface area contributed by atoms with Crippen LogP contribution in [0.3, 0.4) is 0 Å². The minimum atomic E-state index is -1.37. The lowest BCUT2D eigenvalue weighted by Crippen LogP contribution is -2.63. The fourth-order valence-electron chi connectivity index (χ4n) is 8.25. The molecule has 6 heteroatoms. The molecule has 0 radical (unpaired) electrons. The molecule has 2 N–H and O–H groups in total. The highest BCUT2D eigenvalue weighted by Crippen LogP contribution is 2.68. The number of carbonyl (C=O) groups is 3. The number of allylic oxidation sites excluding steroid dienone is 1. The van der Waals surface area contributed by atoms with Gasteiger partial charge in [0, 0.05) is 18.3 Å². The average molecular weight is 461 g/mol. The summed E-state index contributed by atoms with van der Waals surface area (Å²) in [6.45, 7) is 5.59. The van der Waals surface area contributed by atoms with Gasteiger partial charge in [0.25, 0.3) is 0 Å². The normalized spacial score (nSPS) is 42.1. The number of ether oxygens (including phenoxy) is 1. The van der Waals surface area contributed by atoms with Crippen LogP contribution in [0.4, 0.5) is 0 Å². The first-order valence-electron chi connectivity index (χ1n) is 12.9. The summed E-state index contributed by atoms with van der Waals surface area (Å²) in [6, 6.07) is 0. The SMILES string of the molecule is CCCCCC(=O)O[C@]1(C(=O)CO)CC[C@H]2[C@@H]3CCC4=CC(=O)CC[C@]4(C)[C@H]3[C@@H](O)C[C@@]21C. The molecule has 0 bridgehead atoms. The van der Waals surface area contributed by atoms with E-state index in [1.807, 2.05) is 13.0 Å². The van der Waals surface area contributed by atoms with Crippen molar-refractivity contribution in [3.05, 3.63) is 11.6 Å². The van der Waals surface area contributed by atoms with Gasteiger partial charge in [-0.05, 0) is 74.2 Å². The second-order valence-electron chi connectivity index (χ2n) is 11.5. The summed E-state index contributed by atoms with van der Waals surface area (Å²) in [7, 11) is 0. The van der Waals surface area contributed by atoms with Crippen LogP contribution in [-0.2, 0) is 19.1 Å². The van der Waals surface area contributed by atoms with Gasteiger partial charge in [0.2, 0.25) is 5.78 Å². The van der Waals surface area contributed by atoms with Gasteiger partial charge in [-0.2, -0.15) is 0 Å². The molecule has 0 spiro atoms. The Bertz CT molecular complexity index is 848. The highest BCUT2D eigenvalue weighted by molar-refractivity contribution is 5.92. The van der Waals surface area contributed by atoms with Crippen LogP contribution in [0.1, 0.15) is 91.4 Å². The molecule has 4 rings (SSSR count). The van der Waals surface area contributed by atoms with Crippen LogP contribution < -0.4 is 0 Å². The number of hydrogen-bond donors (Lipinski definition) is 2. The van der Waals surface area contributed by atoms with Gasteiger partial charge in [0.15, 0.2) is 11.4 Å². The summed E-state index contributed by atoms with van der Waals surface area (Å²) in [5.74, 6) is -0.284. The summed E-state index contributed by atoms with van der Waals surface area (Å²) in [4.78, 5) is 38.1. The van der Waals surface area contributed by atoms with E-state index in [4.69, 9.17) is 4.74 Å². The third kappa shape index (κ3) is 3.72. The van der Waals surface area contributed by atoms with Crippen molar-refractivity contribution in [2.24, 2.45) is 28.6 Å². The second kappa shape index (κ2) is 8.92. The lowest BCUT2D eigenvalue weighted by molar-refractivity contribution is -0.202. The first-order valence-corrected chi connectivity index (χ1v) is 12.9. The molecular weight excluding hydrogens is 420 g/mol. The zero-order valence-electron chi connectivity index (χ0n) is 20.4. The number of aliphatic hydroxyl groups excluding tert-OH is 2. The van der Waals surface area contributed by atoms with E-state index in [-0.39, 0.29) is 41.3 Å². The summed E-state index contributed by atoms with van der Waals surface area (Å²) in [5.41, 5.74) is -1.13. The van der Waals surface area contributed by atoms with Crippen LogP contribution in [-0.4, -0.2) is 46.1 Å². The molecule has 0 unspecified atom stereocenters. The molecule has 0 saturated heterocycles. The van der Waals surface area contributed by atoms with E-state index in [0.717, 1.165) is 44.9 Å². The Morgan fingerprint density at radius 1 is 1.15 bits per heavy atom. The molecule has 4 aliphatic rings. The van der Waals surface area contributed by atoms with Crippen LogP contribution in [0.25, 0.3) is 0 Å². The van der Waals surface area contributed by atoms with Crippen molar-refractivity contribution in [2.75, 3.05) is 6.61 Å². The van der Waals surface area contributed by atoms with Crippen molar-refractivity contribution in [2.45, 2.75) is 103 Å². The monoisotopic (exact) mass is 460 g/mol. The average Bonchev–Trinajstić information content (AvgIpc) is 3.06. The van der Waals surface area contributed by atoms with Gasteiger partial charge in [-0.1, -0.05) is 39.2 Å². The number of aliphatic hydroxyl groups is 2. The molecule has 33 heavy (non-hydrogen) atoms. The number of hydrogen-bond acceptors (Lipinski definition) is 6. The van der Waals surface area contributed by atoms with Gasteiger partial charge in [-0.3, -0.25) is 14.4 Å². The molecule has 0 aromatic carbocycles. The maximum absolute atomic E-state index is 13.2. The summed E-state index contributed by atoms with van der Waals surface area (Å²) in [5, 5.41) is 21.4. The Morgan fingerprint density at radius 2 is 1.91 bits per heavy atom. The highest BCUT2D eigenvalue weighted by atomic mass is 16.6. The van der Waals surface area contributed by atoms with Crippen LogP contribution in [0.15, 0.2) is 11.6 Å². The Morgan fingerprint density at radius 3 is 2.61 bits per heavy atom. The van der Waals surface area contributed by atoms with E-state index in [1.165, 1.54) is 5.57 Å². The van der Waals surface area contributed by atoms with Gasteiger partial charge in [-0.25, -0.2) is 0 Å². The number of carbonyl (C=O) groups excluding carboxylic acids is 3. The predicted molar refractivity (Wildman–Crippen MR) is 123 cm³/mol. The van der Waals surface area contributed by atoms with E-state index < -0.39 is 29.5 Å². The minimum Gasteiger partial charge on any atom is -0.450 e. The fraction of sp³-hybridized carbons (Fsp3) is 0.815. The smallest absolute Gasteiger partial charge is 0.306 e. The largest absolute Gasteiger partial charge is 0.450 e. The summed E-state index contributed by atoms with van der Waals surface area (Å²) < 4.78 is 6.03. The molecular formula is C27H40O6. The molecule has 184 valence electrons. The number of Topliss-reactive ketones (excluding diaryl/α,β-unsaturated/α-hetero) is 1. The zero-order chi connectivity index (χ0) is 24.0. The zero-order valence-corrected chi connectivity index (χ0v) is 20.4. The van der Waals surface area contributed by atoms with Crippen molar-refractivity contribution < 1.29 is 29.3 Å². The minimum absolute atomic E-state index is 0.0314. The Labute approximate surface area is 197 Å². The van der Waals surface area contributed by atoms with Crippen molar-refractivity contribution in [3.8, 4) is 0 Å². The highest BCUT2D eigenvalue weighted by Gasteiger charge is 2.70. The standard InChI is InChI=1S/C27H40O6/c1-4-5-6-7-23(32)33-27(22(31)16-28)13-11-20-19-9-8-17-14-18(29)10-12-25(17,2)24(19)21(30)15-26(20,27)3/h14,19-21,24,28,30H,4-13,15-16H2,1-3H3/t19-,20-,21-,24+,25-,26-,27-/m0/s1. The van der Waals surface area contributed by atoms with Gasteiger partial charge in [0.05, 0.1) is 6.10 Å². The quantitative estimate of drug-likeness (QED) is 0.441. The third-order valence-electron chi connectivity index (χ3n) is 9.88. The van der Waals surface area contributed by atoms with Crippen LogP contribution >= 0.6 is 0 Å². The first-order chi connectivity index (χ1) is 15.6. The third-order valence-corrected chi connectivity index (χ3v) is 9.88. The van der Waals surface area contributed by atoms with Crippen LogP contribution in [0.2, 0.25) is 0 Å². The van der Waals surface area contributed by atoms with Crippen molar-refractivity contribution in [3.63, 3.8) is 0 Å². The molecule has 0 aliphatic heterocycles.